The second kappa shape index (κ2) is 6.94. The van der Waals surface area contributed by atoms with Gasteiger partial charge in [0.1, 0.15) is 5.76 Å². The fourth-order valence-electron chi connectivity index (χ4n) is 2.67. The van der Waals surface area contributed by atoms with Crippen LogP contribution in [-0.2, 0) is 9.59 Å². The molecule has 1 unspecified atom stereocenters. The van der Waals surface area contributed by atoms with Crippen molar-refractivity contribution in [2.24, 2.45) is 0 Å². The number of ketones is 2. The summed E-state index contributed by atoms with van der Waals surface area (Å²) in [6, 6.07) is 8.03. The van der Waals surface area contributed by atoms with Crippen LogP contribution in [-0.4, -0.2) is 22.9 Å². The lowest BCUT2D eigenvalue weighted by atomic mass is 9.81. The highest BCUT2D eigenvalue weighted by Crippen LogP contribution is 2.34. The Morgan fingerprint density at radius 3 is 2.48 bits per heavy atom. The Labute approximate surface area is 129 Å². The highest BCUT2D eigenvalue weighted by atomic mass is 32.2. The van der Waals surface area contributed by atoms with E-state index >= 15 is 0 Å². The van der Waals surface area contributed by atoms with E-state index in [1.165, 1.54) is 4.90 Å². The van der Waals surface area contributed by atoms with Crippen molar-refractivity contribution in [3.8, 4) is 0 Å². The van der Waals surface area contributed by atoms with Gasteiger partial charge in [0.25, 0.3) is 0 Å². The molecule has 0 radical (unpaired) electrons. The number of aliphatic hydroxyl groups excluding tert-OH is 1. The van der Waals surface area contributed by atoms with Gasteiger partial charge in [-0.3, -0.25) is 9.59 Å². The molecule has 0 aromatic heterocycles. The number of hydrogen-bond donors (Lipinski definition) is 1. The van der Waals surface area contributed by atoms with Crippen LogP contribution in [0, 0.1) is 0 Å². The van der Waals surface area contributed by atoms with Gasteiger partial charge < -0.3 is 5.11 Å². The van der Waals surface area contributed by atoms with Gasteiger partial charge in [0, 0.05) is 24.2 Å². The van der Waals surface area contributed by atoms with E-state index < -0.39 is 0 Å². The third kappa shape index (κ3) is 3.56. The summed E-state index contributed by atoms with van der Waals surface area (Å²) in [5.74, 6) is -0.525. The van der Waals surface area contributed by atoms with Crippen molar-refractivity contribution >= 4 is 23.3 Å². The number of rotatable bonds is 5. The maximum atomic E-state index is 12.2. The number of aliphatic hydroxyl groups is 1. The van der Waals surface area contributed by atoms with Crippen molar-refractivity contribution in [2.45, 2.75) is 43.4 Å². The summed E-state index contributed by atoms with van der Waals surface area (Å²) in [7, 11) is 0. The number of hydrogen-bond acceptors (Lipinski definition) is 4. The standard InChI is InChI=1S/C17H20O3S/c1-3-4-14(18)17-15(19)9-12(10-16(17)20)11-5-7-13(21-2)8-6-11/h5-8,12,19H,3-4,9-10H2,1-2H3. The van der Waals surface area contributed by atoms with Gasteiger partial charge in [0.2, 0.25) is 0 Å². The van der Waals surface area contributed by atoms with Crippen LogP contribution in [0.25, 0.3) is 0 Å². The van der Waals surface area contributed by atoms with Crippen LogP contribution in [0.15, 0.2) is 40.5 Å². The van der Waals surface area contributed by atoms with Gasteiger partial charge in [-0.1, -0.05) is 19.1 Å². The summed E-state index contributed by atoms with van der Waals surface area (Å²) in [5, 5.41) is 10.1. The van der Waals surface area contributed by atoms with Crippen LogP contribution in [0.4, 0.5) is 0 Å². The number of benzene rings is 1. The minimum absolute atomic E-state index is 0.0356. The molecule has 0 heterocycles. The van der Waals surface area contributed by atoms with Crippen molar-refractivity contribution in [2.75, 3.05) is 6.26 Å². The van der Waals surface area contributed by atoms with E-state index in [-0.39, 0.29) is 28.8 Å². The first-order valence-corrected chi connectivity index (χ1v) is 8.41. The number of Topliss-reactive ketones (excluding diaryl/α,β-unsaturated/α-hetero) is 2. The smallest absolute Gasteiger partial charge is 0.170 e. The second-order valence-corrected chi connectivity index (χ2v) is 6.18. The van der Waals surface area contributed by atoms with Gasteiger partial charge >= 0.3 is 0 Å². The Bertz CT molecular complexity index is 572. The van der Waals surface area contributed by atoms with E-state index in [0.29, 0.717) is 25.7 Å². The minimum Gasteiger partial charge on any atom is -0.511 e. The Morgan fingerprint density at radius 1 is 1.29 bits per heavy atom. The van der Waals surface area contributed by atoms with Crippen LogP contribution < -0.4 is 0 Å². The molecule has 21 heavy (non-hydrogen) atoms. The molecule has 1 aliphatic rings. The summed E-state index contributed by atoms with van der Waals surface area (Å²) in [6.07, 6.45) is 3.68. The normalized spacial score (nSPS) is 19.0. The first-order chi connectivity index (χ1) is 10.1. The summed E-state index contributed by atoms with van der Waals surface area (Å²) >= 11 is 1.66. The van der Waals surface area contributed by atoms with E-state index in [0.717, 1.165) is 5.56 Å². The van der Waals surface area contributed by atoms with Crippen LogP contribution in [0.3, 0.4) is 0 Å². The fraction of sp³-hybridized carbons (Fsp3) is 0.412. The van der Waals surface area contributed by atoms with E-state index in [2.05, 4.69) is 0 Å². The summed E-state index contributed by atoms with van der Waals surface area (Å²) in [5.41, 5.74) is 1.07. The number of thioether (sulfide) groups is 1. The average molecular weight is 304 g/mol. The average Bonchev–Trinajstić information content (AvgIpc) is 2.47. The van der Waals surface area contributed by atoms with Gasteiger partial charge in [-0.05, 0) is 36.3 Å². The van der Waals surface area contributed by atoms with Crippen LogP contribution >= 0.6 is 11.8 Å². The SMILES string of the molecule is CCCC(=O)C1=C(O)CC(c2ccc(SC)cc2)CC1=O. The van der Waals surface area contributed by atoms with Crippen LogP contribution in [0.5, 0.6) is 0 Å². The van der Waals surface area contributed by atoms with Crippen molar-refractivity contribution in [1.82, 2.24) is 0 Å². The molecule has 4 heteroatoms. The van der Waals surface area contributed by atoms with E-state index in [9.17, 15) is 14.7 Å². The van der Waals surface area contributed by atoms with E-state index in [4.69, 9.17) is 0 Å². The molecule has 0 amide bonds. The van der Waals surface area contributed by atoms with Crippen LogP contribution in [0.1, 0.15) is 44.1 Å². The molecule has 2 rings (SSSR count). The zero-order chi connectivity index (χ0) is 15.4. The summed E-state index contributed by atoms with van der Waals surface area (Å²) in [6.45, 7) is 1.89. The van der Waals surface area contributed by atoms with Crippen LogP contribution in [0.2, 0.25) is 0 Å². The van der Waals surface area contributed by atoms with Crippen molar-refractivity contribution in [3.05, 3.63) is 41.2 Å². The Kier molecular flexibility index (Phi) is 5.23. The molecule has 1 aromatic carbocycles. The second-order valence-electron chi connectivity index (χ2n) is 5.30. The molecule has 1 aliphatic carbocycles. The molecule has 0 saturated heterocycles. The zero-order valence-electron chi connectivity index (χ0n) is 12.4. The van der Waals surface area contributed by atoms with Gasteiger partial charge in [0.15, 0.2) is 11.6 Å². The maximum absolute atomic E-state index is 12.2. The lowest BCUT2D eigenvalue weighted by Gasteiger charge is -2.23. The summed E-state index contributed by atoms with van der Waals surface area (Å²) < 4.78 is 0. The van der Waals surface area contributed by atoms with Gasteiger partial charge in [-0.15, -0.1) is 11.8 Å². The monoisotopic (exact) mass is 304 g/mol. The first-order valence-electron chi connectivity index (χ1n) is 7.19. The zero-order valence-corrected chi connectivity index (χ0v) is 13.2. The summed E-state index contributed by atoms with van der Waals surface area (Å²) in [4.78, 5) is 25.3. The molecule has 3 nitrogen and oxygen atoms in total. The van der Waals surface area contributed by atoms with Crippen molar-refractivity contribution < 1.29 is 14.7 Å². The number of carbonyl (C=O) groups excluding carboxylic acids is 2. The fourth-order valence-corrected chi connectivity index (χ4v) is 3.08. The molecule has 0 spiro atoms. The maximum Gasteiger partial charge on any atom is 0.170 e. The quantitative estimate of drug-likeness (QED) is 0.659. The van der Waals surface area contributed by atoms with Crippen molar-refractivity contribution in [3.63, 3.8) is 0 Å². The predicted octanol–water partition coefficient (Wildman–Crippen LogP) is 4.04. The Hall–Kier alpha value is -1.55. The third-order valence-corrected chi connectivity index (χ3v) is 4.53. The molecule has 1 atom stereocenters. The molecule has 0 aliphatic heterocycles. The van der Waals surface area contributed by atoms with E-state index in [1.54, 1.807) is 11.8 Å². The Morgan fingerprint density at radius 2 is 1.95 bits per heavy atom. The largest absolute Gasteiger partial charge is 0.511 e. The molecular formula is C17H20O3S. The van der Waals surface area contributed by atoms with Gasteiger partial charge in [0.05, 0.1) is 5.57 Å². The van der Waals surface area contributed by atoms with Crippen molar-refractivity contribution in [1.29, 1.82) is 0 Å². The lowest BCUT2D eigenvalue weighted by Crippen LogP contribution is -2.23. The highest BCUT2D eigenvalue weighted by Gasteiger charge is 2.31. The minimum atomic E-state index is -0.226. The third-order valence-electron chi connectivity index (χ3n) is 3.78. The number of allylic oxidation sites excluding steroid dienone is 2. The van der Waals surface area contributed by atoms with Gasteiger partial charge in [-0.25, -0.2) is 0 Å². The van der Waals surface area contributed by atoms with E-state index in [1.807, 2.05) is 37.4 Å². The molecule has 1 aromatic rings. The molecule has 0 bridgehead atoms. The predicted molar refractivity (Wildman–Crippen MR) is 84.8 cm³/mol. The molecule has 112 valence electrons. The lowest BCUT2D eigenvalue weighted by molar-refractivity contribution is -0.122. The molecule has 0 fully saturated rings. The molecule has 0 saturated carbocycles. The topological polar surface area (TPSA) is 54.4 Å². The molecular weight excluding hydrogens is 284 g/mol. The van der Waals surface area contributed by atoms with Gasteiger partial charge in [-0.2, -0.15) is 0 Å². The number of carbonyl (C=O) groups is 2. The molecule has 1 N–H and O–H groups in total. The highest BCUT2D eigenvalue weighted by molar-refractivity contribution is 7.98. The Balaban J connectivity index is 2.20. The first kappa shape index (κ1) is 15.8.